The van der Waals surface area contributed by atoms with Crippen molar-refractivity contribution in [1.29, 1.82) is 0 Å². The fourth-order valence-corrected chi connectivity index (χ4v) is 4.14. The third-order valence-corrected chi connectivity index (χ3v) is 6.06. The maximum absolute atomic E-state index is 12.9. The summed E-state index contributed by atoms with van der Waals surface area (Å²) in [4.78, 5) is 26.7. The van der Waals surface area contributed by atoms with Crippen LogP contribution in [0, 0.1) is 0 Å². The van der Waals surface area contributed by atoms with Crippen LogP contribution in [0.5, 0.6) is 0 Å². The molecule has 0 aliphatic rings. The molecule has 0 radical (unpaired) electrons. The van der Waals surface area contributed by atoms with Crippen LogP contribution in [0.3, 0.4) is 0 Å². The fourth-order valence-electron chi connectivity index (χ4n) is 4.14. The van der Waals surface area contributed by atoms with Gasteiger partial charge < -0.3 is 24.8 Å². The Morgan fingerprint density at radius 2 is 1.59 bits per heavy atom. The molecule has 0 aromatic heterocycles. The van der Waals surface area contributed by atoms with Crippen molar-refractivity contribution in [2.24, 2.45) is 0 Å². The fraction of sp³-hybridized carbons (Fsp3) is 0.375. The molecule has 3 aromatic carbocycles. The lowest BCUT2D eigenvalue weighted by atomic mass is 10.00. The van der Waals surface area contributed by atoms with Crippen molar-refractivity contribution in [1.82, 2.24) is 4.90 Å². The SMILES string of the molecule is COC(=O)c1ccc(-c2ccc(CCN(C[C@@H](O)c3ccccc3)C(=O)OC(C)(C)C)cc2)cc1NC(C)C. The minimum atomic E-state index is -0.817. The molecule has 0 heterocycles. The predicted molar refractivity (Wildman–Crippen MR) is 155 cm³/mol. The van der Waals surface area contributed by atoms with Crippen LogP contribution in [0.4, 0.5) is 10.5 Å². The summed E-state index contributed by atoms with van der Waals surface area (Å²) in [6.07, 6.45) is -0.671. The number of ether oxygens (including phenoxy) is 2. The number of hydrogen-bond acceptors (Lipinski definition) is 6. The second-order valence-corrected chi connectivity index (χ2v) is 10.9. The summed E-state index contributed by atoms with van der Waals surface area (Å²) in [5.41, 5.74) is 4.36. The van der Waals surface area contributed by atoms with Gasteiger partial charge in [0, 0.05) is 18.3 Å². The first-order valence-corrected chi connectivity index (χ1v) is 13.3. The monoisotopic (exact) mass is 532 g/mol. The molecule has 1 amide bonds. The molecule has 0 saturated heterocycles. The van der Waals surface area contributed by atoms with Crippen molar-refractivity contribution < 1.29 is 24.2 Å². The number of amides is 1. The van der Waals surface area contributed by atoms with Gasteiger partial charge in [-0.15, -0.1) is 0 Å². The molecule has 39 heavy (non-hydrogen) atoms. The third kappa shape index (κ3) is 8.86. The Labute approximate surface area is 231 Å². The highest BCUT2D eigenvalue weighted by Gasteiger charge is 2.24. The van der Waals surface area contributed by atoms with Gasteiger partial charge >= 0.3 is 12.1 Å². The Balaban J connectivity index is 1.75. The summed E-state index contributed by atoms with van der Waals surface area (Å²) in [7, 11) is 1.38. The highest BCUT2D eigenvalue weighted by atomic mass is 16.6. The summed E-state index contributed by atoms with van der Waals surface area (Å²) in [6, 6.07) is 23.2. The van der Waals surface area contributed by atoms with Crippen LogP contribution in [0.1, 0.15) is 62.2 Å². The molecule has 0 fully saturated rings. The molecular formula is C32H40N2O5. The van der Waals surface area contributed by atoms with Crippen LogP contribution in [-0.4, -0.2) is 53.9 Å². The van der Waals surface area contributed by atoms with Crippen LogP contribution in [0.25, 0.3) is 11.1 Å². The zero-order chi connectivity index (χ0) is 28.6. The molecule has 7 nitrogen and oxygen atoms in total. The predicted octanol–water partition coefficient (Wildman–Crippen LogP) is 6.47. The number of hydrogen-bond donors (Lipinski definition) is 2. The Morgan fingerprint density at radius 3 is 2.18 bits per heavy atom. The van der Waals surface area contributed by atoms with E-state index in [9.17, 15) is 14.7 Å². The first kappa shape index (κ1) is 29.7. The quantitative estimate of drug-likeness (QED) is 0.291. The molecule has 208 valence electrons. The smallest absolute Gasteiger partial charge is 0.410 e. The summed E-state index contributed by atoms with van der Waals surface area (Å²) in [5, 5.41) is 14.1. The van der Waals surface area contributed by atoms with Crippen molar-refractivity contribution in [2.75, 3.05) is 25.5 Å². The Kier molecular flexibility index (Phi) is 10.1. The molecule has 0 bridgehead atoms. The van der Waals surface area contributed by atoms with Crippen LogP contribution in [0.15, 0.2) is 72.8 Å². The first-order chi connectivity index (χ1) is 18.5. The average molecular weight is 533 g/mol. The number of carbonyl (C=O) groups excluding carboxylic acids is 2. The van der Waals surface area contributed by atoms with E-state index in [0.717, 1.165) is 27.9 Å². The highest BCUT2D eigenvalue weighted by Crippen LogP contribution is 2.27. The summed E-state index contributed by atoms with van der Waals surface area (Å²) in [5.74, 6) is -0.382. The van der Waals surface area contributed by atoms with E-state index < -0.39 is 17.8 Å². The van der Waals surface area contributed by atoms with Gasteiger partial charge in [0.15, 0.2) is 0 Å². The Bertz CT molecular complexity index is 1230. The number of carbonyl (C=O) groups is 2. The van der Waals surface area contributed by atoms with Crippen molar-refractivity contribution in [3.8, 4) is 11.1 Å². The molecule has 7 heteroatoms. The number of aliphatic hydroxyl groups excluding tert-OH is 1. The van der Waals surface area contributed by atoms with E-state index in [0.29, 0.717) is 18.5 Å². The van der Waals surface area contributed by atoms with E-state index in [2.05, 4.69) is 5.32 Å². The van der Waals surface area contributed by atoms with Gasteiger partial charge in [-0.3, -0.25) is 0 Å². The molecule has 3 aromatic rings. The number of aliphatic hydroxyl groups is 1. The average Bonchev–Trinajstić information content (AvgIpc) is 2.90. The normalized spacial score (nSPS) is 12.1. The van der Waals surface area contributed by atoms with Gasteiger partial charge in [-0.2, -0.15) is 0 Å². The largest absolute Gasteiger partial charge is 0.465 e. The van der Waals surface area contributed by atoms with Crippen molar-refractivity contribution in [2.45, 2.75) is 58.8 Å². The molecular weight excluding hydrogens is 492 g/mol. The van der Waals surface area contributed by atoms with Crippen molar-refractivity contribution in [3.63, 3.8) is 0 Å². The van der Waals surface area contributed by atoms with Crippen LogP contribution >= 0.6 is 0 Å². The zero-order valence-corrected chi connectivity index (χ0v) is 23.7. The van der Waals surface area contributed by atoms with Gasteiger partial charge in [0.2, 0.25) is 0 Å². The van der Waals surface area contributed by atoms with E-state index in [-0.39, 0.29) is 18.6 Å². The molecule has 0 spiro atoms. The highest BCUT2D eigenvalue weighted by molar-refractivity contribution is 5.96. The standard InChI is InChI=1S/C32H40N2O5/c1-22(2)33-28-20-26(16-17-27(28)30(36)38-6)24-14-12-23(13-15-24)18-19-34(31(37)39-32(3,4)5)21-29(35)25-10-8-7-9-11-25/h7-17,20,22,29,33,35H,18-19,21H2,1-6H3/t29-/m1/s1. The molecule has 1 atom stereocenters. The van der Waals surface area contributed by atoms with Crippen LogP contribution in [-0.2, 0) is 15.9 Å². The van der Waals surface area contributed by atoms with Gasteiger partial charge in [-0.05, 0) is 75.4 Å². The lowest BCUT2D eigenvalue weighted by Crippen LogP contribution is -2.40. The number of nitrogens with one attached hydrogen (secondary N) is 1. The minimum Gasteiger partial charge on any atom is -0.465 e. The molecule has 2 N–H and O–H groups in total. The summed E-state index contributed by atoms with van der Waals surface area (Å²) in [6.45, 7) is 10.0. The number of rotatable bonds is 10. The molecule has 3 rings (SSSR count). The number of nitrogens with zero attached hydrogens (tertiary/aromatic N) is 1. The van der Waals surface area contributed by atoms with Crippen molar-refractivity contribution in [3.05, 3.63) is 89.5 Å². The molecule has 0 aliphatic heterocycles. The van der Waals surface area contributed by atoms with Gasteiger partial charge in [-0.1, -0.05) is 60.7 Å². The van der Waals surface area contributed by atoms with Gasteiger partial charge in [0.05, 0.1) is 25.3 Å². The second-order valence-electron chi connectivity index (χ2n) is 10.9. The van der Waals surface area contributed by atoms with E-state index >= 15 is 0 Å². The third-order valence-electron chi connectivity index (χ3n) is 6.06. The van der Waals surface area contributed by atoms with Crippen LogP contribution < -0.4 is 5.32 Å². The number of methoxy groups -OCH3 is 1. The topological polar surface area (TPSA) is 88.1 Å². The first-order valence-electron chi connectivity index (χ1n) is 13.3. The van der Waals surface area contributed by atoms with E-state index in [1.54, 1.807) is 11.0 Å². The van der Waals surface area contributed by atoms with Crippen LogP contribution in [0.2, 0.25) is 0 Å². The zero-order valence-electron chi connectivity index (χ0n) is 23.7. The number of benzene rings is 3. The second kappa shape index (κ2) is 13.3. The lowest BCUT2D eigenvalue weighted by Gasteiger charge is -2.29. The number of anilines is 1. The summed E-state index contributed by atoms with van der Waals surface area (Å²) >= 11 is 0. The van der Waals surface area contributed by atoms with E-state index in [1.165, 1.54) is 7.11 Å². The number of esters is 1. The Hall–Kier alpha value is -3.84. The van der Waals surface area contributed by atoms with E-state index in [4.69, 9.17) is 9.47 Å². The summed E-state index contributed by atoms with van der Waals surface area (Å²) < 4.78 is 10.5. The van der Waals surface area contributed by atoms with E-state index in [1.807, 2.05) is 101 Å². The molecule has 0 saturated carbocycles. The van der Waals surface area contributed by atoms with Gasteiger partial charge in [0.1, 0.15) is 5.60 Å². The molecule has 0 aliphatic carbocycles. The van der Waals surface area contributed by atoms with Gasteiger partial charge in [-0.25, -0.2) is 9.59 Å². The minimum absolute atomic E-state index is 0.134. The Morgan fingerprint density at radius 1 is 0.949 bits per heavy atom. The lowest BCUT2D eigenvalue weighted by molar-refractivity contribution is 0.0147. The maximum Gasteiger partial charge on any atom is 0.410 e. The van der Waals surface area contributed by atoms with Gasteiger partial charge in [0.25, 0.3) is 0 Å². The molecule has 0 unspecified atom stereocenters. The van der Waals surface area contributed by atoms with Crippen molar-refractivity contribution >= 4 is 17.7 Å². The maximum atomic E-state index is 12.9.